The molecule has 0 aliphatic heterocycles. The Morgan fingerprint density at radius 2 is 1.79 bits per heavy atom. The van der Waals surface area contributed by atoms with Crippen LogP contribution in [0, 0.1) is 6.92 Å². The fourth-order valence-corrected chi connectivity index (χ4v) is 2.98. The average molecular weight is 361 g/mol. The summed E-state index contributed by atoms with van der Waals surface area (Å²) in [5.74, 6) is 0.525. The summed E-state index contributed by atoms with van der Waals surface area (Å²) in [7, 11) is 0. The van der Waals surface area contributed by atoms with E-state index < -0.39 is 0 Å². The number of imidazole rings is 1. The lowest BCUT2D eigenvalue weighted by molar-refractivity contribution is 0.188. The van der Waals surface area contributed by atoms with Gasteiger partial charge in [0.2, 0.25) is 0 Å². The zero-order valence-electron chi connectivity index (χ0n) is 13.3. The summed E-state index contributed by atoms with van der Waals surface area (Å²) in [5.41, 5.74) is 2.31. The highest BCUT2D eigenvalue weighted by molar-refractivity contribution is 6.37. The van der Waals surface area contributed by atoms with E-state index in [9.17, 15) is 0 Å². The first-order chi connectivity index (χ1) is 11.6. The Morgan fingerprint density at radius 3 is 2.42 bits per heavy atom. The van der Waals surface area contributed by atoms with Gasteiger partial charge in [-0.2, -0.15) is 0 Å². The van der Waals surface area contributed by atoms with E-state index in [4.69, 9.17) is 27.9 Å². The van der Waals surface area contributed by atoms with Gasteiger partial charge < -0.3 is 9.30 Å². The molecule has 0 aliphatic carbocycles. The van der Waals surface area contributed by atoms with Crippen LogP contribution in [0.15, 0.2) is 61.2 Å². The first kappa shape index (κ1) is 16.9. The van der Waals surface area contributed by atoms with Gasteiger partial charge >= 0.3 is 0 Å². The molecule has 5 heteroatoms. The van der Waals surface area contributed by atoms with Gasteiger partial charge in [0.05, 0.1) is 16.4 Å². The fraction of sp³-hybridized carbons (Fsp3) is 0.211. The fourth-order valence-electron chi connectivity index (χ4n) is 2.50. The summed E-state index contributed by atoms with van der Waals surface area (Å²) in [4.78, 5) is 4.08. The van der Waals surface area contributed by atoms with E-state index in [1.54, 1.807) is 24.7 Å². The molecule has 3 rings (SSSR count). The van der Waals surface area contributed by atoms with Gasteiger partial charge in [0.25, 0.3) is 0 Å². The number of para-hydroxylation sites is 1. The quantitative estimate of drug-likeness (QED) is 0.562. The van der Waals surface area contributed by atoms with Crippen molar-refractivity contribution in [2.24, 2.45) is 0 Å². The Hall–Kier alpha value is -1.97. The second kappa shape index (κ2) is 7.73. The van der Waals surface area contributed by atoms with Crippen LogP contribution in [0.2, 0.25) is 10.0 Å². The Labute approximate surface area is 151 Å². The predicted octanol–water partition coefficient (Wildman–Crippen LogP) is 5.71. The topological polar surface area (TPSA) is 27.1 Å². The summed E-state index contributed by atoms with van der Waals surface area (Å²) < 4.78 is 8.23. The number of halogens is 2. The molecule has 0 saturated heterocycles. The molecule has 3 nitrogen and oxygen atoms in total. The van der Waals surface area contributed by atoms with E-state index in [1.807, 2.05) is 16.8 Å². The number of aryl methyl sites for hydroxylation is 2. The van der Waals surface area contributed by atoms with Gasteiger partial charge in [0.1, 0.15) is 6.10 Å². The van der Waals surface area contributed by atoms with Crippen LogP contribution in [-0.4, -0.2) is 9.55 Å². The van der Waals surface area contributed by atoms with E-state index in [2.05, 4.69) is 36.2 Å². The molecule has 0 N–H and O–H groups in total. The number of nitrogens with zero attached hydrogens (tertiary/aromatic N) is 2. The molecular weight excluding hydrogens is 343 g/mol. The largest absolute Gasteiger partial charge is 0.483 e. The van der Waals surface area contributed by atoms with Crippen LogP contribution in [0.5, 0.6) is 5.75 Å². The van der Waals surface area contributed by atoms with Crippen LogP contribution in [0.4, 0.5) is 0 Å². The maximum Gasteiger partial charge on any atom is 0.157 e. The van der Waals surface area contributed by atoms with Gasteiger partial charge in [-0.05, 0) is 24.6 Å². The van der Waals surface area contributed by atoms with Gasteiger partial charge in [-0.25, -0.2) is 4.98 Å². The van der Waals surface area contributed by atoms with Crippen molar-refractivity contribution in [3.8, 4) is 5.75 Å². The smallest absolute Gasteiger partial charge is 0.157 e. The molecule has 0 fully saturated rings. The van der Waals surface area contributed by atoms with Gasteiger partial charge in [-0.3, -0.25) is 0 Å². The molecule has 124 valence electrons. The molecule has 0 unspecified atom stereocenters. The Kier molecular flexibility index (Phi) is 5.44. The number of aromatic nitrogens is 2. The highest BCUT2D eigenvalue weighted by Gasteiger charge is 2.17. The summed E-state index contributed by atoms with van der Waals surface area (Å²) >= 11 is 12.5. The lowest BCUT2D eigenvalue weighted by Gasteiger charge is -2.21. The van der Waals surface area contributed by atoms with Gasteiger partial charge in [0.15, 0.2) is 5.75 Å². The number of ether oxygens (including phenoxy) is 1. The van der Waals surface area contributed by atoms with Crippen LogP contribution < -0.4 is 4.74 Å². The van der Waals surface area contributed by atoms with E-state index >= 15 is 0 Å². The van der Waals surface area contributed by atoms with Crippen molar-refractivity contribution in [2.75, 3.05) is 0 Å². The highest BCUT2D eigenvalue weighted by Crippen LogP contribution is 2.36. The summed E-state index contributed by atoms with van der Waals surface area (Å²) in [6.45, 7) is 2.86. The normalized spacial score (nSPS) is 12.1. The number of hydrogen-bond acceptors (Lipinski definition) is 2. The van der Waals surface area contributed by atoms with Crippen molar-refractivity contribution >= 4 is 23.2 Å². The van der Waals surface area contributed by atoms with Crippen molar-refractivity contribution in [3.05, 3.63) is 82.4 Å². The summed E-state index contributed by atoms with van der Waals surface area (Å²) in [6, 6.07) is 13.7. The molecule has 1 atom stereocenters. The zero-order valence-corrected chi connectivity index (χ0v) is 14.8. The van der Waals surface area contributed by atoms with Crippen LogP contribution in [-0.2, 0) is 6.54 Å². The van der Waals surface area contributed by atoms with Crippen molar-refractivity contribution in [1.82, 2.24) is 9.55 Å². The molecule has 3 aromatic rings. The van der Waals surface area contributed by atoms with Gasteiger partial charge in [-0.1, -0.05) is 59.1 Å². The minimum Gasteiger partial charge on any atom is -0.483 e. The molecule has 0 bridgehead atoms. The predicted molar refractivity (Wildman–Crippen MR) is 97.9 cm³/mol. The summed E-state index contributed by atoms with van der Waals surface area (Å²) in [6.07, 6.45) is 6.14. The van der Waals surface area contributed by atoms with Crippen LogP contribution in [0.25, 0.3) is 0 Å². The molecule has 2 aromatic carbocycles. The average Bonchev–Trinajstić information content (AvgIpc) is 3.08. The third-order valence-electron chi connectivity index (χ3n) is 3.84. The minimum absolute atomic E-state index is 0.148. The molecule has 24 heavy (non-hydrogen) atoms. The van der Waals surface area contributed by atoms with E-state index in [1.165, 1.54) is 5.56 Å². The van der Waals surface area contributed by atoms with Crippen LogP contribution in [0.3, 0.4) is 0 Å². The lowest BCUT2D eigenvalue weighted by atomic mass is 10.0. The molecule has 1 heterocycles. The minimum atomic E-state index is -0.148. The second-order valence-corrected chi connectivity index (χ2v) is 6.47. The zero-order chi connectivity index (χ0) is 16.9. The van der Waals surface area contributed by atoms with Crippen molar-refractivity contribution < 1.29 is 4.74 Å². The molecule has 1 aromatic heterocycles. The Bertz CT molecular complexity index is 765. The van der Waals surface area contributed by atoms with Crippen molar-refractivity contribution in [3.63, 3.8) is 0 Å². The second-order valence-electron chi connectivity index (χ2n) is 5.66. The molecule has 0 aliphatic rings. The van der Waals surface area contributed by atoms with Crippen LogP contribution in [0.1, 0.15) is 23.7 Å². The number of benzene rings is 2. The van der Waals surface area contributed by atoms with E-state index in [0.29, 0.717) is 15.8 Å². The van der Waals surface area contributed by atoms with Crippen molar-refractivity contribution in [1.29, 1.82) is 0 Å². The molecule has 0 amide bonds. The van der Waals surface area contributed by atoms with E-state index in [0.717, 1.165) is 18.5 Å². The third kappa shape index (κ3) is 4.11. The van der Waals surface area contributed by atoms with E-state index in [-0.39, 0.29) is 6.10 Å². The molecule has 0 radical (unpaired) electrons. The number of hydrogen-bond donors (Lipinski definition) is 0. The highest BCUT2D eigenvalue weighted by atomic mass is 35.5. The lowest BCUT2D eigenvalue weighted by Crippen LogP contribution is -2.11. The molecule has 0 spiro atoms. The summed E-state index contributed by atoms with van der Waals surface area (Å²) in [5, 5.41) is 1.03. The van der Waals surface area contributed by atoms with Gasteiger partial charge in [0, 0.05) is 25.4 Å². The maximum atomic E-state index is 6.26. The monoisotopic (exact) mass is 360 g/mol. The third-order valence-corrected chi connectivity index (χ3v) is 4.43. The van der Waals surface area contributed by atoms with Crippen molar-refractivity contribution in [2.45, 2.75) is 26.0 Å². The van der Waals surface area contributed by atoms with Gasteiger partial charge in [-0.15, -0.1) is 0 Å². The Morgan fingerprint density at radius 1 is 1.08 bits per heavy atom. The SMILES string of the molecule is Cc1ccc([C@@H](CCn2ccnc2)Oc2c(Cl)cccc2Cl)cc1. The Balaban J connectivity index is 1.84. The standard InChI is InChI=1S/C19H18Cl2N2O/c1-14-5-7-15(8-6-14)18(9-11-23-12-10-22-13-23)24-19-16(20)3-2-4-17(19)21/h2-8,10,12-13,18H,9,11H2,1H3/t18-/m1/s1. The first-order valence-electron chi connectivity index (χ1n) is 7.76. The maximum absolute atomic E-state index is 6.26. The molecule has 0 saturated carbocycles. The molecular formula is C19H18Cl2N2O. The first-order valence-corrected chi connectivity index (χ1v) is 8.52. The number of rotatable bonds is 6. The van der Waals surface area contributed by atoms with Crippen LogP contribution >= 0.6 is 23.2 Å².